The van der Waals surface area contributed by atoms with Crippen LogP contribution in [-0.2, 0) is 6.42 Å². The second kappa shape index (κ2) is 6.65. The molecule has 0 aliphatic carbocycles. The van der Waals surface area contributed by atoms with Crippen LogP contribution in [0.3, 0.4) is 0 Å². The molecule has 0 unspecified atom stereocenters. The van der Waals surface area contributed by atoms with Crippen LogP contribution in [0, 0.1) is 0 Å². The maximum Gasteiger partial charge on any atom is 0.255 e. The predicted molar refractivity (Wildman–Crippen MR) is 79.2 cm³/mol. The molecule has 0 saturated carbocycles. The van der Waals surface area contributed by atoms with Crippen LogP contribution >= 0.6 is 23.2 Å². The van der Waals surface area contributed by atoms with Gasteiger partial charge in [-0.2, -0.15) is 0 Å². The molecule has 1 aromatic carbocycles. The number of nitrogens with zero attached hydrogens (tertiary/aromatic N) is 2. The van der Waals surface area contributed by atoms with Crippen LogP contribution in [-0.4, -0.2) is 22.4 Å². The number of rotatable bonds is 4. The molecule has 5 nitrogen and oxygen atoms in total. The number of halogens is 2. The standard InChI is InChI=1S/C13H12Cl2N4O/c14-11-10(12(15)18-7-17-11)19-13(20)9-3-1-8(2-4-9)5-6-16/h1-4,7H,5-6,16H2,(H,19,20). The van der Waals surface area contributed by atoms with Crippen LogP contribution in [0.25, 0.3) is 0 Å². The molecule has 1 amide bonds. The Morgan fingerprint density at radius 1 is 1.15 bits per heavy atom. The van der Waals surface area contributed by atoms with Gasteiger partial charge in [-0.3, -0.25) is 4.79 Å². The van der Waals surface area contributed by atoms with Crippen molar-refractivity contribution in [1.29, 1.82) is 0 Å². The molecule has 20 heavy (non-hydrogen) atoms. The van der Waals surface area contributed by atoms with Crippen molar-refractivity contribution in [2.75, 3.05) is 11.9 Å². The summed E-state index contributed by atoms with van der Waals surface area (Å²) in [6, 6.07) is 7.14. The molecule has 0 atom stereocenters. The third-order valence-electron chi connectivity index (χ3n) is 2.64. The van der Waals surface area contributed by atoms with Crippen LogP contribution in [0.2, 0.25) is 10.3 Å². The van der Waals surface area contributed by atoms with Gasteiger partial charge in [0.15, 0.2) is 10.3 Å². The number of carbonyl (C=O) groups is 1. The van der Waals surface area contributed by atoms with Crippen LogP contribution in [0.15, 0.2) is 30.6 Å². The van der Waals surface area contributed by atoms with Gasteiger partial charge in [-0.15, -0.1) is 0 Å². The first-order chi connectivity index (χ1) is 9.61. The van der Waals surface area contributed by atoms with Gasteiger partial charge in [-0.25, -0.2) is 9.97 Å². The Labute approximate surface area is 126 Å². The number of hydrogen-bond acceptors (Lipinski definition) is 4. The Morgan fingerprint density at radius 3 is 2.30 bits per heavy atom. The quantitative estimate of drug-likeness (QED) is 0.850. The fourth-order valence-electron chi connectivity index (χ4n) is 1.62. The molecule has 0 spiro atoms. The minimum atomic E-state index is -0.331. The first-order valence-corrected chi connectivity index (χ1v) is 6.63. The van der Waals surface area contributed by atoms with Gasteiger partial charge in [0.1, 0.15) is 12.0 Å². The van der Waals surface area contributed by atoms with Crippen LogP contribution < -0.4 is 11.1 Å². The first-order valence-electron chi connectivity index (χ1n) is 5.88. The lowest BCUT2D eigenvalue weighted by Gasteiger charge is -2.08. The van der Waals surface area contributed by atoms with Crippen molar-refractivity contribution in [3.63, 3.8) is 0 Å². The Hall–Kier alpha value is -1.69. The third-order valence-corrected chi connectivity index (χ3v) is 3.22. The van der Waals surface area contributed by atoms with Crippen molar-refractivity contribution >= 4 is 34.8 Å². The average molecular weight is 311 g/mol. The van der Waals surface area contributed by atoms with Gasteiger partial charge in [-0.05, 0) is 30.7 Å². The van der Waals surface area contributed by atoms with Gasteiger partial charge < -0.3 is 11.1 Å². The highest BCUT2D eigenvalue weighted by Crippen LogP contribution is 2.26. The fraction of sp³-hybridized carbons (Fsp3) is 0.154. The van der Waals surface area contributed by atoms with Crippen molar-refractivity contribution in [3.05, 3.63) is 52.0 Å². The summed E-state index contributed by atoms with van der Waals surface area (Å²) in [6.07, 6.45) is 1.99. The highest BCUT2D eigenvalue weighted by molar-refractivity contribution is 6.38. The van der Waals surface area contributed by atoms with Gasteiger partial charge in [0, 0.05) is 5.56 Å². The van der Waals surface area contributed by atoms with E-state index in [-0.39, 0.29) is 21.9 Å². The molecule has 0 fully saturated rings. The third kappa shape index (κ3) is 3.45. The van der Waals surface area contributed by atoms with E-state index in [9.17, 15) is 4.79 Å². The summed E-state index contributed by atoms with van der Waals surface area (Å²) >= 11 is 11.7. The largest absolute Gasteiger partial charge is 0.330 e. The van der Waals surface area contributed by atoms with E-state index in [1.807, 2.05) is 12.1 Å². The van der Waals surface area contributed by atoms with E-state index in [1.54, 1.807) is 12.1 Å². The summed E-state index contributed by atoms with van der Waals surface area (Å²) in [5.41, 5.74) is 7.23. The summed E-state index contributed by atoms with van der Waals surface area (Å²) < 4.78 is 0. The molecule has 0 aliphatic heterocycles. The Morgan fingerprint density at radius 2 is 1.75 bits per heavy atom. The number of nitrogens with one attached hydrogen (secondary N) is 1. The van der Waals surface area contributed by atoms with Crippen molar-refractivity contribution in [2.24, 2.45) is 5.73 Å². The highest BCUT2D eigenvalue weighted by atomic mass is 35.5. The molecule has 0 aliphatic rings. The molecule has 2 rings (SSSR count). The lowest BCUT2D eigenvalue weighted by Crippen LogP contribution is -2.13. The second-order valence-electron chi connectivity index (χ2n) is 4.02. The fourth-order valence-corrected chi connectivity index (χ4v) is 2.03. The molecule has 104 valence electrons. The monoisotopic (exact) mass is 310 g/mol. The average Bonchev–Trinajstić information content (AvgIpc) is 2.44. The molecular weight excluding hydrogens is 299 g/mol. The van der Waals surface area contributed by atoms with E-state index in [4.69, 9.17) is 28.9 Å². The van der Waals surface area contributed by atoms with E-state index >= 15 is 0 Å². The van der Waals surface area contributed by atoms with Crippen LogP contribution in [0.4, 0.5) is 5.69 Å². The molecule has 7 heteroatoms. The normalized spacial score (nSPS) is 10.3. The summed E-state index contributed by atoms with van der Waals surface area (Å²) in [5.74, 6) is -0.331. The maximum absolute atomic E-state index is 12.1. The minimum Gasteiger partial charge on any atom is -0.330 e. The van der Waals surface area contributed by atoms with E-state index in [0.717, 1.165) is 12.0 Å². The summed E-state index contributed by atoms with van der Waals surface area (Å²) in [7, 11) is 0. The second-order valence-corrected chi connectivity index (χ2v) is 4.74. The molecule has 0 bridgehead atoms. The maximum atomic E-state index is 12.1. The topological polar surface area (TPSA) is 80.9 Å². The van der Waals surface area contributed by atoms with Gasteiger partial charge in [0.05, 0.1) is 0 Å². The lowest BCUT2D eigenvalue weighted by molar-refractivity contribution is 0.102. The lowest BCUT2D eigenvalue weighted by atomic mass is 10.1. The van der Waals surface area contributed by atoms with Gasteiger partial charge in [-0.1, -0.05) is 35.3 Å². The predicted octanol–water partition coefficient (Wildman–Crippen LogP) is 2.54. The number of nitrogens with two attached hydrogens (primary N) is 1. The zero-order valence-electron chi connectivity index (χ0n) is 10.4. The molecule has 0 saturated heterocycles. The van der Waals surface area contributed by atoms with E-state index < -0.39 is 0 Å². The highest BCUT2D eigenvalue weighted by Gasteiger charge is 2.13. The molecule has 3 N–H and O–H groups in total. The number of benzene rings is 1. The van der Waals surface area contributed by atoms with E-state index in [0.29, 0.717) is 12.1 Å². The first kappa shape index (κ1) is 14.7. The number of aromatic nitrogens is 2. The van der Waals surface area contributed by atoms with Gasteiger partial charge in [0.2, 0.25) is 0 Å². The SMILES string of the molecule is NCCc1ccc(C(=O)Nc2c(Cl)ncnc2Cl)cc1. The van der Waals surface area contributed by atoms with Crippen molar-refractivity contribution in [1.82, 2.24) is 9.97 Å². The number of carbonyl (C=O) groups excluding carboxylic acids is 1. The van der Waals surface area contributed by atoms with Gasteiger partial charge in [0.25, 0.3) is 5.91 Å². The van der Waals surface area contributed by atoms with E-state index in [1.165, 1.54) is 6.33 Å². The van der Waals surface area contributed by atoms with Crippen LogP contribution in [0.1, 0.15) is 15.9 Å². The Balaban J connectivity index is 2.16. The van der Waals surface area contributed by atoms with Crippen LogP contribution in [0.5, 0.6) is 0 Å². The van der Waals surface area contributed by atoms with Gasteiger partial charge >= 0.3 is 0 Å². The number of hydrogen-bond donors (Lipinski definition) is 2. The zero-order valence-corrected chi connectivity index (χ0v) is 11.9. The van der Waals surface area contributed by atoms with Crippen molar-refractivity contribution < 1.29 is 4.79 Å². The molecule has 2 aromatic rings. The zero-order chi connectivity index (χ0) is 14.5. The van der Waals surface area contributed by atoms with Crippen molar-refractivity contribution in [3.8, 4) is 0 Å². The Bertz CT molecular complexity index is 596. The summed E-state index contributed by atoms with van der Waals surface area (Å²) in [6.45, 7) is 0.568. The number of anilines is 1. The molecular formula is C13H12Cl2N4O. The van der Waals surface area contributed by atoms with Crippen molar-refractivity contribution in [2.45, 2.75) is 6.42 Å². The molecule has 1 aromatic heterocycles. The summed E-state index contributed by atoms with van der Waals surface area (Å²) in [5, 5.41) is 2.78. The smallest absolute Gasteiger partial charge is 0.255 e. The summed E-state index contributed by atoms with van der Waals surface area (Å²) in [4.78, 5) is 19.6. The molecule has 0 radical (unpaired) electrons. The minimum absolute atomic E-state index is 0.0955. The Kier molecular flexibility index (Phi) is 4.89. The molecule has 1 heterocycles. The van der Waals surface area contributed by atoms with E-state index in [2.05, 4.69) is 15.3 Å². The number of amides is 1.